The molecule has 8 heteroatoms. The van der Waals surface area contributed by atoms with Gasteiger partial charge in [-0.3, -0.25) is 14.4 Å². The van der Waals surface area contributed by atoms with Gasteiger partial charge in [-0.25, -0.2) is 0 Å². The van der Waals surface area contributed by atoms with E-state index in [9.17, 15) is 14.4 Å². The first-order valence-electron chi connectivity index (χ1n) is 9.96. The van der Waals surface area contributed by atoms with Gasteiger partial charge in [0.25, 0.3) is 0 Å². The highest BCUT2D eigenvalue weighted by atomic mass is 16.5. The van der Waals surface area contributed by atoms with Crippen LogP contribution in [0.1, 0.15) is 38.1 Å². The lowest BCUT2D eigenvalue weighted by molar-refractivity contribution is -0.135. The summed E-state index contributed by atoms with van der Waals surface area (Å²) in [5.41, 5.74) is 1.67. The van der Waals surface area contributed by atoms with Crippen LogP contribution in [0.25, 0.3) is 10.8 Å². The minimum absolute atomic E-state index is 0.156. The fourth-order valence-electron chi connectivity index (χ4n) is 3.57. The van der Waals surface area contributed by atoms with Gasteiger partial charge in [-0.05, 0) is 29.0 Å². The Morgan fingerprint density at radius 1 is 1.00 bits per heavy atom. The minimum Gasteiger partial charge on any atom is -0.446 e. The Hall–Kier alpha value is -4.20. The largest absolute Gasteiger partial charge is 0.446 e. The number of hydrazone groups is 1. The summed E-state index contributed by atoms with van der Waals surface area (Å²) in [5.74, 6) is -0.585. The lowest BCUT2D eigenvalue weighted by Crippen LogP contribution is -2.25. The first kappa shape index (κ1) is 21.0. The third kappa shape index (κ3) is 4.15. The van der Waals surface area contributed by atoms with Crippen molar-refractivity contribution in [3.63, 3.8) is 0 Å². The van der Waals surface area contributed by atoms with Crippen LogP contribution in [0.15, 0.2) is 65.8 Å². The number of nitrogens with one attached hydrogen (secondary N) is 1. The normalized spacial score (nSPS) is 15.2. The molecule has 162 valence electrons. The Morgan fingerprint density at radius 3 is 2.50 bits per heavy atom. The number of anilines is 1. The van der Waals surface area contributed by atoms with E-state index in [-0.39, 0.29) is 23.5 Å². The van der Waals surface area contributed by atoms with Crippen LogP contribution in [0.2, 0.25) is 0 Å². The van der Waals surface area contributed by atoms with E-state index in [1.165, 1.54) is 25.8 Å². The van der Waals surface area contributed by atoms with E-state index in [1.54, 1.807) is 30.3 Å². The van der Waals surface area contributed by atoms with Crippen LogP contribution in [0.3, 0.4) is 0 Å². The third-order valence-electron chi connectivity index (χ3n) is 4.82. The molecular weight excluding hydrogens is 410 g/mol. The van der Waals surface area contributed by atoms with Gasteiger partial charge in [0, 0.05) is 32.0 Å². The van der Waals surface area contributed by atoms with E-state index >= 15 is 0 Å². The highest BCUT2D eigenvalue weighted by Gasteiger charge is 2.35. The van der Waals surface area contributed by atoms with Gasteiger partial charge < -0.3 is 14.8 Å². The molecule has 3 aromatic carbocycles. The Balaban J connectivity index is 1.80. The van der Waals surface area contributed by atoms with E-state index in [2.05, 4.69) is 10.4 Å². The van der Waals surface area contributed by atoms with Crippen LogP contribution >= 0.6 is 0 Å². The summed E-state index contributed by atoms with van der Waals surface area (Å²) in [5, 5.41) is 10.0. The van der Waals surface area contributed by atoms with Gasteiger partial charge >= 0.3 is 5.97 Å². The van der Waals surface area contributed by atoms with Crippen LogP contribution in [-0.4, -0.2) is 28.7 Å². The zero-order chi connectivity index (χ0) is 22.8. The number of hydrogen-bond donors (Lipinski definition) is 1. The molecular formula is C24H21N3O5. The summed E-state index contributed by atoms with van der Waals surface area (Å²) >= 11 is 0. The molecule has 0 aliphatic carbocycles. The molecule has 0 radical (unpaired) electrons. The molecule has 0 aromatic heterocycles. The van der Waals surface area contributed by atoms with Crippen molar-refractivity contribution in [3.8, 4) is 5.75 Å². The van der Waals surface area contributed by atoms with Crippen molar-refractivity contribution in [2.75, 3.05) is 5.32 Å². The van der Waals surface area contributed by atoms with Gasteiger partial charge in [0.15, 0.2) is 0 Å². The van der Waals surface area contributed by atoms with Crippen molar-refractivity contribution < 1.29 is 23.9 Å². The summed E-state index contributed by atoms with van der Waals surface area (Å²) in [7, 11) is 0. The van der Waals surface area contributed by atoms with Crippen LogP contribution in [-0.2, 0) is 19.1 Å². The van der Waals surface area contributed by atoms with Crippen molar-refractivity contribution in [1.82, 2.24) is 5.01 Å². The number of nitrogens with zero attached hydrogens (tertiary/aromatic N) is 2. The molecule has 1 heterocycles. The number of carbonyl (C=O) groups excluding carboxylic acids is 3. The zero-order valence-corrected chi connectivity index (χ0v) is 17.8. The van der Waals surface area contributed by atoms with E-state index in [0.717, 1.165) is 10.8 Å². The van der Waals surface area contributed by atoms with Crippen LogP contribution in [0, 0.1) is 0 Å². The summed E-state index contributed by atoms with van der Waals surface area (Å²) in [6.45, 7) is 4.12. The van der Waals surface area contributed by atoms with Crippen molar-refractivity contribution in [3.05, 3.63) is 71.8 Å². The van der Waals surface area contributed by atoms with Crippen LogP contribution in [0.4, 0.5) is 5.69 Å². The number of carbonyl (C=O) groups is 3. The van der Waals surface area contributed by atoms with Crippen LogP contribution in [0.5, 0.6) is 5.75 Å². The smallest absolute Gasteiger partial charge is 0.308 e. The van der Waals surface area contributed by atoms with Gasteiger partial charge in [-0.2, -0.15) is 5.01 Å². The number of amides is 2. The molecule has 0 spiro atoms. The first-order chi connectivity index (χ1) is 15.3. The molecule has 8 nitrogen and oxygen atoms in total. The van der Waals surface area contributed by atoms with Gasteiger partial charge in [0.05, 0.1) is 5.56 Å². The van der Waals surface area contributed by atoms with Gasteiger partial charge in [0.1, 0.15) is 5.75 Å². The zero-order valence-electron chi connectivity index (χ0n) is 17.8. The monoisotopic (exact) mass is 431 g/mol. The number of fused-ring (bicyclic) bond motifs is 1. The molecule has 4 rings (SSSR count). The predicted octanol–water partition coefficient (Wildman–Crippen LogP) is 3.96. The molecule has 1 aliphatic rings. The molecule has 3 aromatic rings. The Bertz CT molecular complexity index is 1270. The maximum Gasteiger partial charge on any atom is 0.308 e. The lowest BCUT2D eigenvalue weighted by atomic mass is 10.0. The van der Waals surface area contributed by atoms with Crippen molar-refractivity contribution in [1.29, 1.82) is 0 Å². The quantitative estimate of drug-likeness (QED) is 0.498. The maximum absolute atomic E-state index is 12.4. The van der Waals surface area contributed by atoms with Gasteiger partial charge in [0.2, 0.25) is 23.9 Å². The number of rotatable bonds is 4. The molecule has 1 atom stereocenters. The number of benzene rings is 3. The van der Waals surface area contributed by atoms with Crippen molar-refractivity contribution in [2.24, 2.45) is 5.10 Å². The molecule has 0 bridgehead atoms. The Labute approximate surface area is 184 Å². The minimum atomic E-state index is -0.847. The van der Waals surface area contributed by atoms with Crippen molar-refractivity contribution >= 4 is 40.1 Å². The molecule has 1 aliphatic heterocycles. The number of esters is 1. The molecule has 0 saturated heterocycles. The topological polar surface area (TPSA) is 97.3 Å². The number of ether oxygens (including phenoxy) is 2. The molecule has 2 amide bonds. The average molecular weight is 431 g/mol. The average Bonchev–Trinajstić information content (AvgIpc) is 3.18. The fraction of sp³-hybridized carbons (Fsp3) is 0.167. The molecule has 32 heavy (non-hydrogen) atoms. The summed E-state index contributed by atoms with van der Waals surface area (Å²) < 4.78 is 11.6. The Morgan fingerprint density at radius 2 is 1.78 bits per heavy atom. The van der Waals surface area contributed by atoms with E-state index < -0.39 is 12.2 Å². The van der Waals surface area contributed by atoms with E-state index in [4.69, 9.17) is 9.47 Å². The second kappa shape index (κ2) is 8.50. The summed E-state index contributed by atoms with van der Waals surface area (Å²) in [6.07, 6.45) is -0.847. The molecule has 0 unspecified atom stereocenters. The van der Waals surface area contributed by atoms with Gasteiger partial charge in [-0.1, -0.05) is 42.5 Å². The predicted molar refractivity (Wildman–Crippen MR) is 119 cm³/mol. The van der Waals surface area contributed by atoms with E-state index in [1.807, 2.05) is 30.3 Å². The molecule has 0 saturated carbocycles. The second-order valence-electron chi connectivity index (χ2n) is 7.30. The maximum atomic E-state index is 12.4. The van der Waals surface area contributed by atoms with Gasteiger partial charge in [-0.15, -0.1) is 5.10 Å². The number of hydrogen-bond acceptors (Lipinski definition) is 6. The molecule has 1 N–H and O–H groups in total. The lowest BCUT2D eigenvalue weighted by Gasteiger charge is -2.20. The second-order valence-corrected chi connectivity index (χ2v) is 7.30. The van der Waals surface area contributed by atoms with Crippen LogP contribution < -0.4 is 10.1 Å². The van der Waals surface area contributed by atoms with Crippen molar-refractivity contribution in [2.45, 2.75) is 27.0 Å². The van der Waals surface area contributed by atoms with E-state index in [0.29, 0.717) is 16.8 Å². The standard InChI is InChI=1S/C24H21N3O5/c1-14(28)25-19-9-6-8-18(13-19)24-27(15(2)29)26-23(32-24)22-20-10-5-4-7-17(20)11-12-21(22)31-16(3)30/h4-13,24H,1-3H3,(H,25,28)/t24-/m0/s1. The third-order valence-corrected chi connectivity index (χ3v) is 4.82. The summed E-state index contributed by atoms with van der Waals surface area (Å²) in [4.78, 5) is 35.5. The Kier molecular flexibility index (Phi) is 5.59. The first-order valence-corrected chi connectivity index (χ1v) is 9.96. The molecule has 0 fully saturated rings. The fourth-order valence-corrected chi connectivity index (χ4v) is 3.57. The SMILES string of the molecule is CC(=O)Nc1cccc([C@@H]2OC(c3c(OC(C)=O)ccc4ccccc34)=NN2C(C)=O)c1. The highest BCUT2D eigenvalue weighted by Crippen LogP contribution is 2.36. The summed E-state index contributed by atoms with van der Waals surface area (Å²) in [6, 6.07) is 18.0. The highest BCUT2D eigenvalue weighted by molar-refractivity contribution is 6.10.